The van der Waals surface area contributed by atoms with Crippen molar-refractivity contribution in [2.24, 2.45) is 5.92 Å². The lowest BCUT2D eigenvalue weighted by atomic mass is 10.1. The van der Waals surface area contributed by atoms with E-state index in [0.717, 1.165) is 0 Å². The van der Waals surface area contributed by atoms with Crippen LogP contribution in [0.2, 0.25) is 0 Å². The zero-order chi connectivity index (χ0) is 14.0. The minimum atomic E-state index is -0.103. The molecule has 0 radical (unpaired) electrons. The van der Waals surface area contributed by atoms with E-state index in [2.05, 4.69) is 0 Å². The molecule has 0 aliphatic carbocycles. The van der Waals surface area contributed by atoms with Crippen LogP contribution in [0.4, 0.5) is 0 Å². The first-order chi connectivity index (χ1) is 9.00. The molecule has 1 atom stereocenters. The Kier molecular flexibility index (Phi) is 3.93. The van der Waals surface area contributed by atoms with Crippen LogP contribution in [-0.2, 0) is 4.79 Å². The minimum absolute atomic E-state index is 0.000440. The summed E-state index contributed by atoms with van der Waals surface area (Å²) >= 11 is 0. The summed E-state index contributed by atoms with van der Waals surface area (Å²) in [5, 5.41) is 0. The monoisotopic (exact) mass is 264 g/mol. The topological polar surface area (TPSA) is 53.8 Å². The molecule has 0 spiro atoms. The van der Waals surface area contributed by atoms with Crippen LogP contribution >= 0.6 is 0 Å². The van der Waals surface area contributed by atoms with Crippen molar-refractivity contribution in [1.82, 2.24) is 9.80 Å². The van der Waals surface area contributed by atoms with E-state index >= 15 is 0 Å². The van der Waals surface area contributed by atoms with Crippen LogP contribution in [0.25, 0.3) is 0 Å². The maximum absolute atomic E-state index is 12.2. The third-order valence-corrected chi connectivity index (χ3v) is 3.43. The normalized spacial score (nSPS) is 19.9. The Balaban J connectivity index is 2.01. The number of carbonyl (C=O) groups is 2. The maximum Gasteiger partial charge on any atom is 0.289 e. The van der Waals surface area contributed by atoms with E-state index in [4.69, 9.17) is 4.42 Å². The number of piperazine rings is 1. The second-order valence-corrected chi connectivity index (χ2v) is 5.26. The van der Waals surface area contributed by atoms with Crippen molar-refractivity contribution >= 4 is 11.8 Å². The highest BCUT2D eigenvalue weighted by atomic mass is 16.3. The van der Waals surface area contributed by atoms with Gasteiger partial charge in [-0.15, -0.1) is 0 Å². The van der Waals surface area contributed by atoms with E-state index in [1.807, 2.05) is 25.7 Å². The van der Waals surface area contributed by atoms with Gasteiger partial charge in [0.1, 0.15) is 0 Å². The number of furan rings is 1. The molecule has 19 heavy (non-hydrogen) atoms. The zero-order valence-electron chi connectivity index (χ0n) is 11.6. The van der Waals surface area contributed by atoms with E-state index in [1.54, 1.807) is 17.0 Å². The van der Waals surface area contributed by atoms with E-state index in [1.165, 1.54) is 6.26 Å². The molecule has 0 bridgehead atoms. The van der Waals surface area contributed by atoms with Crippen molar-refractivity contribution in [2.45, 2.75) is 26.8 Å². The summed E-state index contributed by atoms with van der Waals surface area (Å²) < 4.78 is 5.14. The molecule has 2 rings (SSSR count). The Bertz CT molecular complexity index is 453. The molecule has 1 aliphatic rings. The van der Waals surface area contributed by atoms with Gasteiger partial charge in [-0.05, 0) is 19.1 Å². The second-order valence-electron chi connectivity index (χ2n) is 5.26. The molecule has 1 aromatic rings. The fraction of sp³-hybridized carbons (Fsp3) is 0.571. The van der Waals surface area contributed by atoms with Gasteiger partial charge in [-0.25, -0.2) is 0 Å². The average molecular weight is 264 g/mol. The summed E-state index contributed by atoms with van der Waals surface area (Å²) in [4.78, 5) is 27.8. The van der Waals surface area contributed by atoms with Crippen LogP contribution < -0.4 is 0 Å². The largest absolute Gasteiger partial charge is 0.459 e. The summed E-state index contributed by atoms with van der Waals surface area (Å²) in [6.07, 6.45) is 1.50. The van der Waals surface area contributed by atoms with Crippen molar-refractivity contribution in [3.05, 3.63) is 24.2 Å². The predicted octanol–water partition coefficient (Wildman–Crippen LogP) is 1.61. The molecule has 2 heterocycles. The molecule has 2 amide bonds. The third kappa shape index (κ3) is 2.80. The lowest BCUT2D eigenvalue weighted by molar-refractivity contribution is -0.136. The Morgan fingerprint density at radius 3 is 2.63 bits per heavy atom. The van der Waals surface area contributed by atoms with Gasteiger partial charge in [0.25, 0.3) is 5.91 Å². The Hall–Kier alpha value is -1.78. The van der Waals surface area contributed by atoms with Gasteiger partial charge in [0, 0.05) is 31.6 Å². The molecule has 1 fully saturated rings. The van der Waals surface area contributed by atoms with E-state index in [0.29, 0.717) is 25.4 Å². The first kappa shape index (κ1) is 13.6. The molecule has 0 aromatic carbocycles. The summed E-state index contributed by atoms with van der Waals surface area (Å²) in [5.74, 6) is 0.404. The highest BCUT2D eigenvalue weighted by Gasteiger charge is 2.31. The van der Waals surface area contributed by atoms with E-state index in [-0.39, 0.29) is 23.8 Å². The smallest absolute Gasteiger partial charge is 0.289 e. The van der Waals surface area contributed by atoms with Crippen molar-refractivity contribution < 1.29 is 14.0 Å². The molecule has 1 unspecified atom stereocenters. The predicted molar refractivity (Wildman–Crippen MR) is 70.6 cm³/mol. The van der Waals surface area contributed by atoms with Gasteiger partial charge in [-0.1, -0.05) is 13.8 Å². The van der Waals surface area contributed by atoms with Gasteiger partial charge in [-0.2, -0.15) is 0 Å². The Labute approximate surface area is 113 Å². The highest BCUT2D eigenvalue weighted by molar-refractivity contribution is 5.92. The van der Waals surface area contributed by atoms with E-state index in [9.17, 15) is 9.59 Å². The molecule has 5 heteroatoms. The van der Waals surface area contributed by atoms with Gasteiger partial charge in [0.15, 0.2) is 5.76 Å². The van der Waals surface area contributed by atoms with E-state index < -0.39 is 0 Å². The first-order valence-corrected chi connectivity index (χ1v) is 6.64. The highest BCUT2D eigenvalue weighted by Crippen LogP contribution is 2.16. The molecule has 0 N–H and O–H groups in total. The van der Waals surface area contributed by atoms with Crippen molar-refractivity contribution in [1.29, 1.82) is 0 Å². The molecule has 1 saturated heterocycles. The van der Waals surface area contributed by atoms with Crippen LogP contribution in [0, 0.1) is 5.92 Å². The number of hydrogen-bond donors (Lipinski definition) is 0. The molecule has 1 aliphatic heterocycles. The molecule has 104 valence electrons. The molecule has 5 nitrogen and oxygen atoms in total. The quantitative estimate of drug-likeness (QED) is 0.815. The fourth-order valence-corrected chi connectivity index (χ4v) is 2.37. The van der Waals surface area contributed by atoms with Crippen molar-refractivity contribution in [3.8, 4) is 0 Å². The summed E-state index contributed by atoms with van der Waals surface area (Å²) in [6, 6.07) is 3.38. The first-order valence-electron chi connectivity index (χ1n) is 6.64. The Morgan fingerprint density at radius 1 is 1.37 bits per heavy atom. The number of hydrogen-bond acceptors (Lipinski definition) is 3. The van der Waals surface area contributed by atoms with Crippen LogP contribution in [0.5, 0.6) is 0 Å². The van der Waals surface area contributed by atoms with Crippen LogP contribution in [0.3, 0.4) is 0 Å². The lowest BCUT2D eigenvalue weighted by Crippen LogP contribution is -2.56. The van der Waals surface area contributed by atoms with Gasteiger partial charge in [0.05, 0.1) is 6.26 Å². The molecular formula is C14H20N2O3. The molecule has 0 saturated carbocycles. The number of carbonyl (C=O) groups excluding carboxylic acids is 2. The second kappa shape index (κ2) is 5.47. The fourth-order valence-electron chi connectivity index (χ4n) is 2.37. The summed E-state index contributed by atoms with van der Waals surface area (Å²) in [5.41, 5.74) is 0. The third-order valence-electron chi connectivity index (χ3n) is 3.43. The van der Waals surface area contributed by atoms with Gasteiger partial charge in [-0.3, -0.25) is 9.59 Å². The standard InChI is InChI=1S/C14H20N2O3/c1-10(2)13(17)15-6-7-16(11(3)9-15)14(18)12-5-4-8-19-12/h4-5,8,10-11H,6-7,9H2,1-3H3. The number of nitrogens with zero attached hydrogens (tertiary/aromatic N) is 2. The number of amides is 2. The Morgan fingerprint density at radius 2 is 2.11 bits per heavy atom. The minimum Gasteiger partial charge on any atom is -0.459 e. The lowest BCUT2D eigenvalue weighted by Gasteiger charge is -2.40. The van der Waals surface area contributed by atoms with Gasteiger partial charge in [0.2, 0.25) is 5.91 Å². The number of rotatable bonds is 2. The maximum atomic E-state index is 12.2. The van der Waals surface area contributed by atoms with Crippen molar-refractivity contribution in [2.75, 3.05) is 19.6 Å². The summed E-state index contributed by atoms with van der Waals surface area (Å²) in [6.45, 7) is 7.48. The van der Waals surface area contributed by atoms with Crippen LogP contribution in [0.1, 0.15) is 31.3 Å². The van der Waals surface area contributed by atoms with Gasteiger partial charge < -0.3 is 14.2 Å². The average Bonchev–Trinajstić information content (AvgIpc) is 2.90. The SMILES string of the molecule is CC(C)C(=O)N1CCN(C(=O)c2ccco2)C(C)C1. The summed E-state index contributed by atoms with van der Waals surface area (Å²) in [7, 11) is 0. The molecule has 1 aromatic heterocycles. The van der Waals surface area contributed by atoms with Crippen LogP contribution in [0.15, 0.2) is 22.8 Å². The van der Waals surface area contributed by atoms with Gasteiger partial charge >= 0.3 is 0 Å². The molecular weight excluding hydrogens is 244 g/mol. The van der Waals surface area contributed by atoms with Crippen LogP contribution in [-0.4, -0.2) is 47.3 Å². The van der Waals surface area contributed by atoms with Crippen molar-refractivity contribution in [3.63, 3.8) is 0 Å². The zero-order valence-corrected chi connectivity index (χ0v) is 11.6.